The van der Waals surface area contributed by atoms with Crippen molar-refractivity contribution in [3.05, 3.63) is 58.4 Å². The van der Waals surface area contributed by atoms with E-state index >= 15 is 0 Å². The summed E-state index contributed by atoms with van der Waals surface area (Å²) in [5, 5.41) is 5.97. The number of nitrogens with one attached hydrogen (secondary N) is 2. The van der Waals surface area contributed by atoms with Crippen LogP contribution in [-0.4, -0.2) is 25.0 Å². The number of ether oxygens (including phenoxy) is 1. The van der Waals surface area contributed by atoms with Crippen LogP contribution in [0.3, 0.4) is 0 Å². The molecule has 5 nitrogen and oxygen atoms in total. The predicted octanol–water partition coefficient (Wildman–Crippen LogP) is 4.52. The third kappa shape index (κ3) is 4.53. The van der Waals surface area contributed by atoms with Crippen molar-refractivity contribution in [2.24, 2.45) is 0 Å². The Morgan fingerprint density at radius 3 is 2.56 bits per heavy atom. The highest BCUT2D eigenvalue weighted by Crippen LogP contribution is 2.35. The van der Waals surface area contributed by atoms with E-state index in [1.54, 1.807) is 12.1 Å². The van der Waals surface area contributed by atoms with Crippen LogP contribution in [-0.2, 0) is 4.79 Å². The molecule has 27 heavy (non-hydrogen) atoms. The zero-order valence-corrected chi connectivity index (χ0v) is 15.2. The van der Waals surface area contributed by atoms with Crippen LogP contribution in [0.2, 0.25) is 5.02 Å². The van der Waals surface area contributed by atoms with Gasteiger partial charge in [-0.25, -0.2) is 0 Å². The van der Waals surface area contributed by atoms with E-state index < -0.39 is 18.4 Å². The van der Waals surface area contributed by atoms with Gasteiger partial charge < -0.3 is 15.4 Å². The van der Waals surface area contributed by atoms with Gasteiger partial charge >= 0.3 is 6.61 Å². The Balaban J connectivity index is 1.64. The number of halogens is 3. The van der Waals surface area contributed by atoms with Crippen molar-refractivity contribution in [3.8, 4) is 5.75 Å². The first-order valence-electron chi connectivity index (χ1n) is 7.74. The lowest BCUT2D eigenvalue weighted by molar-refractivity contribution is -0.115. The van der Waals surface area contributed by atoms with Gasteiger partial charge in [-0.05, 0) is 18.2 Å². The molecule has 0 spiro atoms. The number of carbonyl (C=O) groups is 2. The van der Waals surface area contributed by atoms with E-state index in [-0.39, 0.29) is 18.0 Å². The normalized spacial score (nSPS) is 10.8. The number of alkyl halides is 2. The standard InChI is InChI=1S/C18H13ClF2N2O3S/c19-15-10-5-1-4-8-13(10)27-16(15)17(25)22-9-14(24)23-11-6-2-3-7-12(11)26-18(20)21/h1-8,18H,9H2,(H,22,25)(H,23,24). The van der Waals surface area contributed by atoms with Gasteiger partial charge in [0.1, 0.15) is 10.6 Å². The molecule has 0 radical (unpaired) electrons. The highest BCUT2D eigenvalue weighted by atomic mass is 35.5. The molecular formula is C18H13ClF2N2O3S. The molecule has 0 fully saturated rings. The molecule has 2 aromatic carbocycles. The second-order valence-corrected chi connectivity index (χ2v) is 6.78. The van der Waals surface area contributed by atoms with Crippen LogP contribution >= 0.6 is 22.9 Å². The minimum absolute atomic E-state index is 0.0805. The number of fused-ring (bicyclic) bond motifs is 1. The van der Waals surface area contributed by atoms with Crippen molar-refractivity contribution in [3.63, 3.8) is 0 Å². The summed E-state index contributed by atoms with van der Waals surface area (Å²) in [6, 6.07) is 13.1. The number of amides is 2. The van der Waals surface area contributed by atoms with Crippen molar-refractivity contribution in [1.29, 1.82) is 0 Å². The minimum Gasteiger partial charge on any atom is -0.433 e. The lowest BCUT2D eigenvalue weighted by Gasteiger charge is -2.11. The lowest BCUT2D eigenvalue weighted by atomic mass is 10.2. The van der Waals surface area contributed by atoms with Gasteiger partial charge in [0.15, 0.2) is 0 Å². The molecule has 140 valence electrons. The van der Waals surface area contributed by atoms with Gasteiger partial charge in [0, 0.05) is 10.1 Å². The van der Waals surface area contributed by atoms with E-state index in [2.05, 4.69) is 15.4 Å². The van der Waals surface area contributed by atoms with Crippen molar-refractivity contribution >= 4 is 50.5 Å². The van der Waals surface area contributed by atoms with E-state index in [0.717, 1.165) is 10.1 Å². The fourth-order valence-electron chi connectivity index (χ4n) is 2.36. The second kappa shape index (κ2) is 8.32. The fraction of sp³-hybridized carbons (Fsp3) is 0.111. The molecule has 0 aliphatic heterocycles. The van der Waals surface area contributed by atoms with Gasteiger partial charge in [-0.3, -0.25) is 9.59 Å². The molecule has 3 aromatic rings. The molecule has 2 N–H and O–H groups in total. The van der Waals surface area contributed by atoms with Crippen molar-refractivity contribution in [1.82, 2.24) is 5.32 Å². The number of para-hydroxylation sites is 2. The van der Waals surface area contributed by atoms with Crippen LogP contribution in [0.1, 0.15) is 9.67 Å². The summed E-state index contributed by atoms with van der Waals surface area (Å²) in [5.41, 5.74) is 0.0805. The van der Waals surface area contributed by atoms with Gasteiger partial charge in [-0.2, -0.15) is 8.78 Å². The Morgan fingerprint density at radius 1 is 1.11 bits per heavy atom. The van der Waals surface area contributed by atoms with Crippen LogP contribution in [0, 0.1) is 0 Å². The summed E-state index contributed by atoms with van der Waals surface area (Å²) in [6.45, 7) is -3.37. The van der Waals surface area contributed by atoms with E-state index in [4.69, 9.17) is 11.6 Å². The van der Waals surface area contributed by atoms with Gasteiger partial charge in [0.2, 0.25) is 5.91 Å². The fourth-order valence-corrected chi connectivity index (χ4v) is 3.80. The number of anilines is 1. The number of hydrogen-bond acceptors (Lipinski definition) is 4. The maximum Gasteiger partial charge on any atom is 0.387 e. The first-order valence-corrected chi connectivity index (χ1v) is 8.94. The number of benzene rings is 2. The average Bonchev–Trinajstić information content (AvgIpc) is 2.98. The first kappa shape index (κ1) is 19.1. The zero-order valence-electron chi connectivity index (χ0n) is 13.7. The molecule has 0 bridgehead atoms. The Morgan fingerprint density at radius 2 is 1.81 bits per heavy atom. The van der Waals surface area contributed by atoms with Gasteiger partial charge in [-0.1, -0.05) is 41.9 Å². The summed E-state index contributed by atoms with van der Waals surface area (Å²) in [5.74, 6) is -1.25. The predicted molar refractivity (Wildman–Crippen MR) is 101 cm³/mol. The van der Waals surface area contributed by atoms with Crippen LogP contribution in [0.5, 0.6) is 5.75 Å². The molecule has 0 saturated heterocycles. The van der Waals surface area contributed by atoms with E-state index in [1.807, 2.05) is 18.2 Å². The molecule has 0 aliphatic rings. The highest BCUT2D eigenvalue weighted by molar-refractivity contribution is 7.21. The van der Waals surface area contributed by atoms with Gasteiger partial charge in [0.25, 0.3) is 5.91 Å². The third-order valence-electron chi connectivity index (χ3n) is 3.53. The quantitative estimate of drug-likeness (QED) is 0.627. The summed E-state index contributed by atoms with van der Waals surface area (Å²) in [6.07, 6.45) is 0. The molecule has 1 aromatic heterocycles. The summed E-state index contributed by atoms with van der Waals surface area (Å²) >= 11 is 7.45. The summed E-state index contributed by atoms with van der Waals surface area (Å²) in [7, 11) is 0. The maximum absolute atomic E-state index is 12.4. The van der Waals surface area contributed by atoms with Gasteiger partial charge in [0.05, 0.1) is 17.3 Å². The van der Waals surface area contributed by atoms with E-state index in [9.17, 15) is 18.4 Å². The van der Waals surface area contributed by atoms with Crippen molar-refractivity contribution in [2.45, 2.75) is 6.61 Å². The minimum atomic E-state index is -3.02. The lowest BCUT2D eigenvalue weighted by Crippen LogP contribution is -2.32. The van der Waals surface area contributed by atoms with Gasteiger partial charge in [-0.15, -0.1) is 11.3 Å². The first-order chi connectivity index (χ1) is 13.0. The van der Waals surface area contributed by atoms with Crippen LogP contribution in [0.15, 0.2) is 48.5 Å². The molecular weight excluding hydrogens is 398 g/mol. The Hall–Kier alpha value is -2.71. The molecule has 0 unspecified atom stereocenters. The number of rotatable bonds is 6. The molecule has 9 heteroatoms. The Kier molecular flexibility index (Phi) is 5.88. The van der Waals surface area contributed by atoms with Crippen LogP contribution < -0.4 is 15.4 Å². The second-order valence-electron chi connectivity index (χ2n) is 5.35. The highest BCUT2D eigenvalue weighted by Gasteiger charge is 2.18. The van der Waals surface area contributed by atoms with Crippen molar-refractivity contribution in [2.75, 3.05) is 11.9 Å². The van der Waals surface area contributed by atoms with E-state index in [1.165, 1.54) is 29.5 Å². The topological polar surface area (TPSA) is 67.4 Å². The molecule has 2 amide bonds. The largest absolute Gasteiger partial charge is 0.433 e. The molecule has 0 atom stereocenters. The van der Waals surface area contributed by atoms with Crippen LogP contribution in [0.4, 0.5) is 14.5 Å². The van der Waals surface area contributed by atoms with Crippen LogP contribution in [0.25, 0.3) is 10.1 Å². The molecule has 0 aliphatic carbocycles. The van der Waals surface area contributed by atoms with Crippen molar-refractivity contribution < 1.29 is 23.1 Å². The maximum atomic E-state index is 12.4. The number of hydrogen-bond donors (Lipinski definition) is 2. The average molecular weight is 411 g/mol. The smallest absolute Gasteiger partial charge is 0.387 e. The van der Waals surface area contributed by atoms with E-state index in [0.29, 0.717) is 9.90 Å². The Labute approximate surface area is 161 Å². The molecule has 3 rings (SSSR count). The SMILES string of the molecule is O=C(CNC(=O)c1sc2ccccc2c1Cl)Nc1ccccc1OC(F)F. The molecule has 0 saturated carbocycles. The number of thiophene rings is 1. The summed E-state index contributed by atoms with van der Waals surface area (Å²) < 4.78 is 30.0. The molecule has 1 heterocycles. The zero-order chi connectivity index (χ0) is 19.4. The third-order valence-corrected chi connectivity index (χ3v) is 5.20. The number of carbonyl (C=O) groups excluding carboxylic acids is 2. The monoisotopic (exact) mass is 410 g/mol. The summed E-state index contributed by atoms with van der Waals surface area (Å²) in [4.78, 5) is 24.7. The Bertz CT molecular complexity index is 994.